The highest BCUT2D eigenvalue weighted by atomic mass is 35.5. The fourth-order valence-electron chi connectivity index (χ4n) is 0.835. The Morgan fingerprint density at radius 1 is 1.64 bits per heavy atom. The molecule has 0 N–H and O–H groups in total. The van der Waals surface area contributed by atoms with E-state index in [2.05, 4.69) is 9.88 Å². The summed E-state index contributed by atoms with van der Waals surface area (Å²) in [4.78, 5) is 6.07. The number of alkyl halides is 1. The summed E-state index contributed by atoms with van der Waals surface area (Å²) in [5.41, 5.74) is 1.10. The molecule has 0 aromatic carbocycles. The van der Waals surface area contributed by atoms with Crippen LogP contribution in [0.4, 0.5) is 5.69 Å². The van der Waals surface area contributed by atoms with E-state index >= 15 is 0 Å². The highest BCUT2D eigenvalue weighted by Crippen LogP contribution is 2.08. The lowest BCUT2D eigenvalue weighted by Crippen LogP contribution is -2.19. The molecule has 0 amide bonds. The summed E-state index contributed by atoms with van der Waals surface area (Å²) >= 11 is 5.58. The van der Waals surface area contributed by atoms with E-state index in [0.717, 1.165) is 12.2 Å². The van der Waals surface area contributed by atoms with Crippen LogP contribution in [0.15, 0.2) is 24.5 Å². The summed E-state index contributed by atoms with van der Waals surface area (Å²) in [6.07, 6.45) is 3.59. The molecule has 2 nitrogen and oxygen atoms in total. The summed E-state index contributed by atoms with van der Waals surface area (Å²) in [5.74, 6) is 0.644. The molecule has 11 heavy (non-hydrogen) atoms. The molecule has 60 valence electrons. The van der Waals surface area contributed by atoms with Gasteiger partial charge in [0.05, 0.1) is 11.9 Å². The first kappa shape index (κ1) is 8.34. The maximum atomic E-state index is 5.58. The topological polar surface area (TPSA) is 16.1 Å². The molecule has 1 aromatic heterocycles. The van der Waals surface area contributed by atoms with E-state index in [1.165, 1.54) is 0 Å². The summed E-state index contributed by atoms with van der Waals surface area (Å²) in [6.45, 7) is 0.854. The van der Waals surface area contributed by atoms with Gasteiger partial charge in [-0.05, 0) is 12.1 Å². The maximum Gasteiger partial charge on any atom is 0.0550 e. The van der Waals surface area contributed by atoms with E-state index in [-0.39, 0.29) is 0 Å². The quantitative estimate of drug-likeness (QED) is 0.643. The van der Waals surface area contributed by atoms with Crippen LogP contribution in [0.5, 0.6) is 0 Å². The molecule has 0 aliphatic rings. The molecule has 3 heteroatoms. The van der Waals surface area contributed by atoms with Gasteiger partial charge in [0.15, 0.2) is 0 Å². The van der Waals surface area contributed by atoms with Gasteiger partial charge in [0.25, 0.3) is 0 Å². The van der Waals surface area contributed by atoms with Crippen molar-refractivity contribution in [1.29, 1.82) is 0 Å². The smallest absolute Gasteiger partial charge is 0.0550 e. The zero-order chi connectivity index (χ0) is 8.10. The minimum atomic E-state index is 0.644. The number of pyridine rings is 1. The van der Waals surface area contributed by atoms with Gasteiger partial charge in [-0.25, -0.2) is 0 Å². The molecule has 0 aliphatic heterocycles. The summed E-state index contributed by atoms with van der Waals surface area (Å²) in [6, 6.07) is 3.93. The van der Waals surface area contributed by atoms with Crippen LogP contribution < -0.4 is 4.90 Å². The Balaban J connectivity index is 2.61. The highest BCUT2D eigenvalue weighted by Gasteiger charge is 1.96. The van der Waals surface area contributed by atoms with Crippen molar-refractivity contribution in [2.45, 2.75) is 0 Å². The third kappa shape index (κ3) is 2.39. The van der Waals surface area contributed by atoms with Crippen molar-refractivity contribution in [3.8, 4) is 0 Å². The van der Waals surface area contributed by atoms with Crippen molar-refractivity contribution in [2.24, 2.45) is 0 Å². The molecule has 0 fully saturated rings. The Bertz CT molecular complexity index is 201. The van der Waals surface area contributed by atoms with Gasteiger partial charge in [-0.2, -0.15) is 0 Å². The zero-order valence-corrected chi connectivity index (χ0v) is 7.25. The second kappa shape index (κ2) is 4.19. The van der Waals surface area contributed by atoms with Gasteiger partial charge < -0.3 is 4.90 Å². The van der Waals surface area contributed by atoms with Crippen LogP contribution in [0.1, 0.15) is 0 Å². The lowest BCUT2D eigenvalue weighted by Gasteiger charge is -2.16. The van der Waals surface area contributed by atoms with Gasteiger partial charge in [0.2, 0.25) is 0 Å². The van der Waals surface area contributed by atoms with Gasteiger partial charge in [-0.3, -0.25) is 4.98 Å². The summed E-state index contributed by atoms with van der Waals surface area (Å²) in [5, 5.41) is 0. The molecule has 1 aromatic rings. The highest BCUT2D eigenvalue weighted by molar-refractivity contribution is 6.18. The standard InChI is InChI=1S/C8H11ClN2/c1-11(6-4-9)8-3-2-5-10-7-8/h2-3,5,7H,4,6H2,1H3. The first-order chi connectivity index (χ1) is 5.34. The Morgan fingerprint density at radius 3 is 3.00 bits per heavy atom. The Kier molecular flexibility index (Phi) is 3.17. The Labute approximate surface area is 71.8 Å². The van der Waals surface area contributed by atoms with Crippen LogP contribution >= 0.6 is 11.6 Å². The number of nitrogens with zero attached hydrogens (tertiary/aromatic N) is 2. The summed E-state index contributed by atoms with van der Waals surface area (Å²) < 4.78 is 0. The molecule has 0 atom stereocenters. The van der Waals surface area contributed by atoms with E-state index in [1.54, 1.807) is 6.20 Å². The minimum Gasteiger partial charge on any atom is -0.372 e. The lowest BCUT2D eigenvalue weighted by molar-refractivity contribution is 0.967. The van der Waals surface area contributed by atoms with Gasteiger partial charge in [-0.1, -0.05) is 0 Å². The van der Waals surface area contributed by atoms with E-state index in [4.69, 9.17) is 11.6 Å². The average Bonchev–Trinajstić information content (AvgIpc) is 2.07. The zero-order valence-electron chi connectivity index (χ0n) is 6.50. The lowest BCUT2D eigenvalue weighted by atomic mass is 10.4. The monoisotopic (exact) mass is 170 g/mol. The number of rotatable bonds is 3. The van der Waals surface area contributed by atoms with Gasteiger partial charge in [-0.15, -0.1) is 11.6 Å². The number of hydrogen-bond donors (Lipinski definition) is 0. The number of halogens is 1. The SMILES string of the molecule is CN(CCCl)c1cccnc1. The molecule has 1 heterocycles. The molecule has 0 unspecified atom stereocenters. The Morgan fingerprint density at radius 2 is 2.45 bits per heavy atom. The average molecular weight is 171 g/mol. The van der Waals surface area contributed by atoms with Crippen LogP contribution in [0.25, 0.3) is 0 Å². The van der Waals surface area contributed by atoms with E-state index in [0.29, 0.717) is 5.88 Å². The normalized spacial score (nSPS) is 9.64. The first-order valence-corrected chi connectivity index (χ1v) is 4.05. The predicted molar refractivity (Wildman–Crippen MR) is 48.2 cm³/mol. The van der Waals surface area contributed by atoms with Gasteiger partial charge in [0, 0.05) is 25.7 Å². The van der Waals surface area contributed by atoms with E-state index in [9.17, 15) is 0 Å². The maximum absolute atomic E-state index is 5.58. The molecule has 1 rings (SSSR count). The van der Waals surface area contributed by atoms with E-state index < -0.39 is 0 Å². The fraction of sp³-hybridized carbons (Fsp3) is 0.375. The first-order valence-electron chi connectivity index (χ1n) is 3.51. The van der Waals surface area contributed by atoms with Crippen LogP contribution in [-0.4, -0.2) is 24.5 Å². The number of aromatic nitrogens is 1. The van der Waals surface area contributed by atoms with Crippen molar-refractivity contribution in [3.05, 3.63) is 24.5 Å². The molecule has 0 saturated carbocycles. The molecular weight excluding hydrogens is 160 g/mol. The second-order valence-corrected chi connectivity index (χ2v) is 2.70. The second-order valence-electron chi connectivity index (χ2n) is 2.32. The third-order valence-corrected chi connectivity index (χ3v) is 1.68. The molecule has 0 aliphatic carbocycles. The van der Waals surface area contributed by atoms with E-state index in [1.807, 2.05) is 25.4 Å². The van der Waals surface area contributed by atoms with Crippen LogP contribution in [0, 0.1) is 0 Å². The molecule has 0 radical (unpaired) electrons. The van der Waals surface area contributed by atoms with Crippen molar-refractivity contribution in [1.82, 2.24) is 4.98 Å². The third-order valence-electron chi connectivity index (χ3n) is 1.51. The fourth-order valence-corrected chi connectivity index (χ4v) is 1.09. The molecule has 0 spiro atoms. The van der Waals surface area contributed by atoms with Crippen molar-refractivity contribution >= 4 is 17.3 Å². The number of hydrogen-bond acceptors (Lipinski definition) is 2. The minimum absolute atomic E-state index is 0.644. The Hall–Kier alpha value is -0.760. The van der Waals surface area contributed by atoms with Crippen molar-refractivity contribution < 1.29 is 0 Å². The molecular formula is C8H11ClN2. The van der Waals surface area contributed by atoms with Crippen molar-refractivity contribution in [3.63, 3.8) is 0 Å². The predicted octanol–water partition coefficient (Wildman–Crippen LogP) is 1.76. The largest absolute Gasteiger partial charge is 0.372 e. The number of anilines is 1. The van der Waals surface area contributed by atoms with Crippen LogP contribution in [0.3, 0.4) is 0 Å². The summed E-state index contributed by atoms with van der Waals surface area (Å²) in [7, 11) is 2.00. The van der Waals surface area contributed by atoms with Gasteiger partial charge in [0.1, 0.15) is 0 Å². The molecule has 0 saturated heterocycles. The van der Waals surface area contributed by atoms with Gasteiger partial charge >= 0.3 is 0 Å². The van der Waals surface area contributed by atoms with Crippen molar-refractivity contribution in [2.75, 3.05) is 24.4 Å². The van der Waals surface area contributed by atoms with Crippen LogP contribution in [-0.2, 0) is 0 Å². The van der Waals surface area contributed by atoms with Crippen LogP contribution in [0.2, 0.25) is 0 Å². The molecule has 0 bridgehead atoms.